The van der Waals surface area contributed by atoms with Gasteiger partial charge in [-0.05, 0) is 62.7 Å². The van der Waals surface area contributed by atoms with Gasteiger partial charge in [-0.2, -0.15) is 0 Å². The Morgan fingerprint density at radius 2 is 2.03 bits per heavy atom. The van der Waals surface area contributed by atoms with Crippen LogP contribution < -0.4 is 0 Å². The highest BCUT2D eigenvalue weighted by Crippen LogP contribution is 2.43. The third kappa shape index (κ3) is 6.16. The van der Waals surface area contributed by atoms with Crippen LogP contribution in [0, 0.1) is 23.7 Å². The van der Waals surface area contributed by atoms with E-state index in [2.05, 4.69) is 17.7 Å². The first-order chi connectivity index (χ1) is 14.5. The van der Waals surface area contributed by atoms with E-state index < -0.39 is 0 Å². The number of nitrogens with zero attached hydrogens (tertiary/aromatic N) is 1. The van der Waals surface area contributed by atoms with E-state index in [4.69, 9.17) is 4.99 Å². The maximum atomic E-state index is 11.2. The van der Waals surface area contributed by atoms with E-state index in [-0.39, 0.29) is 30.1 Å². The van der Waals surface area contributed by atoms with Gasteiger partial charge in [0.2, 0.25) is 0 Å². The minimum absolute atomic E-state index is 0.0948. The van der Waals surface area contributed by atoms with Crippen LogP contribution in [0.25, 0.3) is 0 Å². The summed E-state index contributed by atoms with van der Waals surface area (Å²) in [4.78, 5) is 16.1. The summed E-state index contributed by atoms with van der Waals surface area (Å²) in [5.74, 6) is 1.53. The molecule has 3 rings (SSSR count). The predicted molar refractivity (Wildman–Crippen MR) is 119 cm³/mol. The van der Waals surface area contributed by atoms with Gasteiger partial charge < -0.3 is 14.9 Å². The molecule has 0 aromatic carbocycles. The standard InChI is InChI=1S/C25H41NO4/c1-3-6-17-9-11-18(12-10-17)23(27)14-13-20-21-15-19(26-22(21)16-24(20)28)7-4-5-8-25(29)30-2/h13-14,17-18,20-24,27-28H,3-12,15-16H2,1-2H3/b14-13+/t17?,18?,20-,21-,22+,23-,24-/m1/s1. The minimum atomic E-state index is -0.390. The summed E-state index contributed by atoms with van der Waals surface area (Å²) in [7, 11) is 1.43. The Morgan fingerprint density at radius 3 is 2.73 bits per heavy atom. The molecule has 0 unspecified atom stereocenters. The van der Waals surface area contributed by atoms with E-state index in [0.29, 0.717) is 18.3 Å². The van der Waals surface area contributed by atoms with Crippen molar-refractivity contribution < 1.29 is 19.7 Å². The van der Waals surface area contributed by atoms with Crippen LogP contribution in [0.5, 0.6) is 0 Å². The fourth-order valence-electron chi connectivity index (χ4n) is 5.87. The van der Waals surface area contributed by atoms with Crippen LogP contribution in [0.2, 0.25) is 0 Å². The molecular weight excluding hydrogens is 378 g/mol. The van der Waals surface area contributed by atoms with Crippen LogP contribution in [0.1, 0.15) is 84.0 Å². The zero-order valence-corrected chi connectivity index (χ0v) is 18.8. The smallest absolute Gasteiger partial charge is 0.305 e. The molecule has 0 aromatic rings. The van der Waals surface area contributed by atoms with Crippen LogP contribution in [0.4, 0.5) is 0 Å². The van der Waals surface area contributed by atoms with Crippen molar-refractivity contribution in [3.63, 3.8) is 0 Å². The Morgan fingerprint density at radius 1 is 1.27 bits per heavy atom. The second-order valence-corrected chi connectivity index (χ2v) is 9.74. The van der Waals surface area contributed by atoms with E-state index >= 15 is 0 Å². The van der Waals surface area contributed by atoms with Crippen molar-refractivity contribution in [3.8, 4) is 0 Å². The summed E-state index contributed by atoms with van der Waals surface area (Å²) in [5.41, 5.74) is 1.23. The zero-order valence-electron chi connectivity index (χ0n) is 18.8. The van der Waals surface area contributed by atoms with Crippen molar-refractivity contribution >= 4 is 11.7 Å². The predicted octanol–water partition coefficient (Wildman–Crippen LogP) is 4.45. The molecule has 5 nitrogen and oxygen atoms in total. The Hall–Kier alpha value is -1.20. The van der Waals surface area contributed by atoms with Crippen molar-refractivity contribution in [2.45, 2.75) is 102 Å². The van der Waals surface area contributed by atoms with Gasteiger partial charge >= 0.3 is 5.97 Å². The molecule has 0 amide bonds. The van der Waals surface area contributed by atoms with Gasteiger partial charge in [0, 0.05) is 18.1 Å². The molecule has 2 fully saturated rings. The largest absolute Gasteiger partial charge is 0.469 e. The third-order valence-corrected chi connectivity index (χ3v) is 7.66. The Balaban J connectivity index is 1.44. The highest BCUT2D eigenvalue weighted by atomic mass is 16.5. The number of methoxy groups -OCH3 is 1. The number of aliphatic imine (C=N–C) groups is 1. The molecule has 0 bridgehead atoms. The summed E-state index contributed by atoms with van der Waals surface area (Å²) in [6, 6.07) is 0.215. The van der Waals surface area contributed by atoms with Crippen LogP contribution in [-0.2, 0) is 9.53 Å². The second-order valence-electron chi connectivity index (χ2n) is 9.74. The van der Waals surface area contributed by atoms with E-state index in [1.165, 1.54) is 38.5 Å². The van der Waals surface area contributed by atoms with E-state index in [9.17, 15) is 15.0 Å². The molecule has 1 heterocycles. The molecule has 1 aliphatic heterocycles. The van der Waals surface area contributed by atoms with Gasteiger partial charge in [0.05, 0.1) is 25.4 Å². The zero-order chi connectivity index (χ0) is 21.5. The molecule has 0 radical (unpaired) electrons. The summed E-state index contributed by atoms with van der Waals surface area (Å²) >= 11 is 0. The second kappa shape index (κ2) is 11.4. The van der Waals surface area contributed by atoms with Gasteiger partial charge in [-0.25, -0.2) is 0 Å². The normalized spacial score (nSPS) is 34.7. The van der Waals surface area contributed by atoms with Crippen molar-refractivity contribution in [1.29, 1.82) is 0 Å². The monoisotopic (exact) mass is 419 g/mol. The highest BCUT2D eigenvalue weighted by Gasteiger charge is 2.44. The molecule has 2 N–H and O–H groups in total. The molecule has 2 saturated carbocycles. The molecule has 5 atom stereocenters. The number of hydrogen-bond acceptors (Lipinski definition) is 5. The summed E-state index contributed by atoms with van der Waals surface area (Å²) in [6.45, 7) is 2.25. The number of fused-ring (bicyclic) bond motifs is 1. The Kier molecular flexibility index (Phi) is 8.94. The molecule has 2 aliphatic carbocycles. The van der Waals surface area contributed by atoms with Crippen molar-refractivity contribution in [2.75, 3.05) is 7.11 Å². The topological polar surface area (TPSA) is 79.1 Å². The molecule has 0 spiro atoms. The molecule has 5 heteroatoms. The number of hydrogen-bond donors (Lipinski definition) is 2. The number of ether oxygens (including phenoxy) is 1. The molecule has 30 heavy (non-hydrogen) atoms. The minimum Gasteiger partial charge on any atom is -0.469 e. The lowest BCUT2D eigenvalue weighted by atomic mass is 9.77. The highest BCUT2D eigenvalue weighted by molar-refractivity contribution is 5.86. The molecular formula is C25H41NO4. The van der Waals surface area contributed by atoms with Crippen molar-refractivity contribution in [2.24, 2.45) is 28.7 Å². The Bertz CT molecular complexity index is 608. The molecule has 0 aromatic heterocycles. The lowest BCUT2D eigenvalue weighted by molar-refractivity contribution is -0.140. The van der Waals surface area contributed by atoms with E-state index in [1.54, 1.807) is 0 Å². The first-order valence-corrected chi connectivity index (χ1v) is 12.2. The maximum absolute atomic E-state index is 11.2. The number of unbranched alkanes of at least 4 members (excludes halogenated alkanes) is 1. The number of esters is 1. The summed E-state index contributed by atoms with van der Waals surface area (Å²) in [6.07, 6.45) is 15.5. The number of aliphatic hydroxyl groups is 2. The van der Waals surface area contributed by atoms with Crippen molar-refractivity contribution in [1.82, 2.24) is 0 Å². The summed E-state index contributed by atoms with van der Waals surface area (Å²) < 4.78 is 4.69. The maximum Gasteiger partial charge on any atom is 0.305 e. The van der Waals surface area contributed by atoms with Gasteiger partial charge in [-0.3, -0.25) is 9.79 Å². The average Bonchev–Trinajstić information content (AvgIpc) is 3.26. The fourth-order valence-corrected chi connectivity index (χ4v) is 5.87. The SMILES string of the molecule is CCCC1CCC([C@H](O)/C=C/[C@@H]2[C@H]3CC(CCCCC(=O)OC)=N[C@H]3C[C@H]2O)CC1. The lowest BCUT2D eigenvalue weighted by Crippen LogP contribution is -2.25. The number of carbonyl (C=O) groups excluding carboxylic acids is 1. The molecule has 3 aliphatic rings. The fraction of sp³-hybridized carbons (Fsp3) is 0.840. The number of aliphatic hydroxyl groups excluding tert-OH is 2. The van der Waals surface area contributed by atoms with Crippen LogP contribution >= 0.6 is 0 Å². The van der Waals surface area contributed by atoms with Crippen LogP contribution in [0.3, 0.4) is 0 Å². The number of carbonyl (C=O) groups is 1. The van der Waals surface area contributed by atoms with E-state index in [1.807, 2.05) is 6.08 Å². The quantitative estimate of drug-likeness (QED) is 0.311. The first-order valence-electron chi connectivity index (χ1n) is 12.2. The average molecular weight is 420 g/mol. The lowest BCUT2D eigenvalue weighted by Gasteiger charge is -2.30. The van der Waals surface area contributed by atoms with Gasteiger partial charge in [0.25, 0.3) is 0 Å². The van der Waals surface area contributed by atoms with Crippen molar-refractivity contribution in [3.05, 3.63) is 12.2 Å². The first kappa shape index (κ1) is 23.5. The van der Waals surface area contributed by atoms with Gasteiger partial charge in [0.1, 0.15) is 0 Å². The molecule has 0 saturated heterocycles. The molecule has 170 valence electrons. The third-order valence-electron chi connectivity index (χ3n) is 7.66. The van der Waals surface area contributed by atoms with Gasteiger partial charge in [0.15, 0.2) is 0 Å². The Labute approximate surface area is 182 Å². The van der Waals surface area contributed by atoms with Gasteiger partial charge in [-0.1, -0.05) is 44.8 Å². The van der Waals surface area contributed by atoms with Crippen LogP contribution in [0.15, 0.2) is 17.1 Å². The summed E-state index contributed by atoms with van der Waals surface area (Å²) in [5, 5.41) is 21.2. The van der Waals surface area contributed by atoms with Crippen LogP contribution in [-0.4, -0.2) is 47.3 Å². The van der Waals surface area contributed by atoms with E-state index in [0.717, 1.165) is 50.9 Å². The van der Waals surface area contributed by atoms with Gasteiger partial charge in [-0.15, -0.1) is 0 Å². The number of rotatable bonds is 10.